The summed E-state index contributed by atoms with van der Waals surface area (Å²) in [4.78, 5) is 13.7. The Morgan fingerprint density at radius 2 is 1.52 bits per heavy atom. The molecule has 7 nitrogen and oxygen atoms in total. The highest BCUT2D eigenvalue weighted by Crippen LogP contribution is 2.47. The van der Waals surface area contributed by atoms with Gasteiger partial charge in [0.15, 0.2) is 11.4 Å². The number of carbonyl (C=O) groups is 1. The smallest absolute Gasteiger partial charge is 0.417 e. The molecular formula is C28H16F5N3O4. The zero-order chi connectivity index (χ0) is 28.8. The van der Waals surface area contributed by atoms with Crippen LogP contribution in [0.2, 0.25) is 0 Å². The molecule has 40 heavy (non-hydrogen) atoms. The Morgan fingerprint density at radius 3 is 2.20 bits per heavy atom. The molecule has 202 valence electrons. The average molecular weight is 553 g/mol. The third-order valence-corrected chi connectivity index (χ3v) is 6.08. The van der Waals surface area contributed by atoms with Crippen molar-refractivity contribution >= 4 is 28.2 Å². The third-order valence-electron chi connectivity index (χ3n) is 6.08. The second-order valence-corrected chi connectivity index (χ2v) is 8.65. The van der Waals surface area contributed by atoms with E-state index in [1.807, 2.05) is 0 Å². The van der Waals surface area contributed by atoms with Crippen LogP contribution in [-0.4, -0.2) is 26.3 Å². The molecule has 0 aliphatic heterocycles. The number of para-hydroxylation sites is 1. The number of phenolic OH excluding ortho intramolecular Hbond substituents is 1. The Labute approximate surface area is 221 Å². The molecule has 4 N–H and O–H groups in total. The number of aromatic hydroxyl groups is 2. The van der Waals surface area contributed by atoms with Crippen LogP contribution in [0.5, 0.6) is 11.6 Å². The van der Waals surface area contributed by atoms with Gasteiger partial charge in [0.25, 0.3) is 0 Å². The number of phenols is 1. The Morgan fingerprint density at radius 1 is 0.825 bits per heavy atom. The van der Waals surface area contributed by atoms with Crippen LogP contribution in [0.3, 0.4) is 0 Å². The number of halogens is 5. The van der Waals surface area contributed by atoms with Crippen LogP contribution in [0, 0.1) is 11.6 Å². The number of alkyl halides is 3. The van der Waals surface area contributed by atoms with Gasteiger partial charge in [-0.25, -0.2) is 13.6 Å². The van der Waals surface area contributed by atoms with Gasteiger partial charge >= 0.3 is 12.1 Å². The number of fused-ring (bicyclic) bond motifs is 1. The first kappa shape index (κ1) is 26.4. The second kappa shape index (κ2) is 9.80. The lowest BCUT2D eigenvalue weighted by Crippen LogP contribution is -2.07. The Bertz CT molecular complexity index is 1810. The molecule has 5 aromatic rings. The lowest BCUT2D eigenvalue weighted by molar-refractivity contribution is -0.137. The van der Waals surface area contributed by atoms with Crippen LogP contribution in [0.25, 0.3) is 33.2 Å². The van der Waals surface area contributed by atoms with E-state index in [-0.39, 0.29) is 39.2 Å². The number of rotatable bonds is 5. The summed E-state index contributed by atoms with van der Waals surface area (Å²) in [6.07, 6.45) is -4.90. The number of carboxylic acids is 1. The van der Waals surface area contributed by atoms with E-state index in [4.69, 9.17) is 0 Å². The topological polar surface area (TPSA) is 118 Å². The summed E-state index contributed by atoms with van der Waals surface area (Å²) >= 11 is 0. The van der Waals surface area contributed by atoms with E-state index in [1.54, 1.807) is 6.07 Å². The van der Waals surface area contributed by atoms with Crippen LogP contribution >= 0.6 is 0 Å². The quantitative estimate of drug-likeness (QED) is 0.129. The van der Waals surface area contributed by atoms with E-state index in [0.717, 1.165) is 18.2 Å². The number of nitrogens with one attached hydrogen (secondary N) is 1. The standard InChI is InChI=1S/C28H16F5N3O4/c29-16-10-15(11-17(30)12-16)22-20(28(31,32)33)8-7-19-23(22)34-26(38)24(19)36-35-21-6-2-5-18(25(21)37)13-3-1-4-14(9-13)27(39)40/h1-12,34,37-38H,(H,39,40). The van der Waals surface area contributed by atoms with E-state index < -0.39 is 46.4 Å². The van der Waals surface area contributed by atoms with E-state index in [9.17, 15) is 42.1 Å². The van der Waals surface area contributed by atoms with Crippen molar-refractivity contribution in [1.29, 1.82) is 0 Å². The predicted octanol–water partition coefficient (Wildman–Crippen LogP) is 8.32. The van der Waals surface area contributed by atoms with E-state index in [2.05, 4.69) is 15.2 Å². The summed E-state index contributed by atoms with van der Waals surface area (Å²) in [6.45, 7) is 0. The molecule has 0 amide bonds. The van der Waals surface area contributed by atoms with Crippen molar-refractivity contribution in [3.05, 3.63) is 95.6 Å². The van der Waals surface area contributed by atoms with E-state index in [0.29, 0.717) is 17.7 Å². The maximum absolute atomic E-state index is 13.9. The molecule has 0 atom stereocenters. The number of benzene rings is 4. The number of aromatic amines is 1. The summed E-state index contributed by atoms with van der Waals surface area (Å²) in [5, 5.41) is 38.4. The first-order valence-electron chi connectivity index (χ1n) is 11.4. The van der Waals surface area contributed by atoms with Gasteiger partial charge in [-0.15, -0.1) is 10.2 Å². The van der Waals surface area contributed by atoms with Crippen molar-refractivity contribution in [2.75, 3.05) is 0 Å². The summed E-state index contributed by atoms with van der Waals surface area (Å²) in [5.74, 6) is -4.41. The summed E-state index contributed by atoms with van der Waals surface area (Å²) in [6, 6.07) is 13.9. The van der Waals surface area contributed by atoms with Gasteiger partial charge in [0.2, 0.25) is 5.88 Å². The molecule has 5 rings (SSSR count). The number of aromatic nitrogens is 1. The molecule has 0 radical (unpaired) electrons. The van der Waals surface area contributed by atoms with Crippen LogP contribution in [0.1, 0.15) is 15.9 Å². The molecule has 0 fully saturated rings. The minimum absolute atomic E-state index is 0.0140. The number of aromatic carboxylic acids is 1. The van der Waals surface area contributed by atoms with Crippen LogP contribution in [0.15, 0.2) is 83.0 Å². The van der Waals surface area contributed by atoms with Crippen molar-refractivity contribution in [2.24, 2.45) is 10.2 Å². The predicted molar refractivity (Wildman–Crippen MR) is 135 cm³/mol. The van der Waals surface area contributed by atoms with Crippen molar-refractivity contribution in [2.45, 2.75) is 6.18 Å². The van der Waals surface area contributed by atoms with E-state index in [1.165, 1.54) is 36.4 Å². The van der Waals surface area contributed by atoms with Crippen molar-refractivity contribution in [3.63, 3.8) is 0 Å². The van der Waals surface area contributed by atoms with Gasteiger partial charge in [-0.1, -0.05) is 24.3 Å². The largest absolute Gasteiger partial charge is 0.505 e. The van der Waals surface area contributed by atoms with Gasteiger partial charge < -0.3 is 20.3 Å². The fraction of sp³-hybridized carbons (Fsp3) is 0.0357. The second-order valence-electron chi connectivity index (χ2n) is 8.65. The van der Waals surface area contributed by atoms with E-state index >= 15 is 0 Å². The number of hydrogen-bond acceptors (Lipinski definition) is 5. The van der Waals surface area contributed by atoms with Gasteiger partial charge in [0, 0.05) is 22.6 Å². The lowest BCUT2D eigenvalue weighted by atomic mass is 9.96. The first-order valence-corrected chi connectivity index (χ1v) is 11.4. The molecule has 0 saturated heterocycles. The fourth-order valence-corrected chi connectivity index (χ4v) is 4.34. The Kier molecular flexibility index (Phi) is 6.46. The number of carboxylic acid groups (broad SMARTS) is 1. The molecule has 0 bridgehead atoms. The fourth-order valence-electron chi connectivity index (χ4n) is 4.34. The van der Waals surface area contributed by atoms with Crippen molar-refractivity contribution in [3.8, 4) is 33.9 Å². The highest BCUT2D eigenvalue weighted by atomic mass is 19.4. The lowest BCUT2D eigenvalue weighted by Gasteiger charge is -2.14. The molecule has 1 heterocycles. The van der Waals surface area contributed by atoms with Gasteiger partial charge in [0.05, 0.1) is 16.6 Å². The third kappa shape index (κ3) is 4.82. The maximum atomic E-state index is 13.9. The van der Waals surface area contributed by atoms with Crippen molar-refractivity contribution < 1.29 is 42.1 Å². The minimum atomic E-state index is -4.90. The normalized spacial score (nSPS) is 11.9. The van der Waals surface area contributed by atoms with Gasteiger partial charge in [-0.05, 0) is 53.6 Å². The molecule has 0 unspecified atom stereocenters. The Balaban J connectivity index is 1.63. The molecule has 0 spiro atoms. The minimum Gasteiger partial charge on any atom is -0.505 e. The van der Waals surface area contributed by atoms with Crippen LogP contribution < -0.4 is 0 Å². The SMILES string of the molecule is O=C(O)c1cccc(-c2cccc(N=Nc3c(O)[nH]c4c(-c5cc(F)cc(F)c5)c(C(F)(F)F)ccc34)c2O)c1. The molecule has 1 aromatic heterocycles. The first-order chi connectivity index (χ1) is 18.9. The number of azo groups is 1. The summed E-state index contributed by atoms with van der Waals surface area (Å²) in [7, 11) is 0. The summed E-state index contributed by atoms with van der Waals surface area (Å²) < 4.78 is 69.4. The number of nitrogens with zero attached hydrogens (tertiary/aromatic N) is 2. The highest BCUT2D eigenvalue weighted by molar-refractivity contribution is 6.04. The van der Waals surface area contributed by atoms with Gasteiger partial charge in [-0.2, -0.15) is 13.2 Å². The van der Waals surface area contributed by atoms with Gasteiger partial charge in [0.1, 0.15) is 17.3 Å². The monoisotopic (exact) mass is 553 g/mol. The van der Waals surface area contributed by atoms with Crippen LogP contribution in [-0.2, 0) is 6.18 Å². The summed E-state index contributed by atoms with van der Waals surface area (Å²) in [5.41, 5.74) is -2.33. The average Bonchev–Trinajstić information content (AvgIpc) is 3.21. The maximum Gasteiger partial charge on any atom is 0.417 e. The molecule has 4 aromatic carbocycles. The Hall–Kier alpha value is -5.26. The molecular weight excluding hydrogens is 537 g/mol. The zero-order valence-electron chi connectivity index (χ0n) is 20.0. The highest BCUT2D eigenvalue weighted by Gasteiger charge is 2.35. The molecule has 0 aliphatic rings. The van der Waals surface area contributed by atoms with Crippen molar-refractivity contribution in [1.82, 2.24) is 4.98 Å². The zero-order valence-corrected chi connectivity index (χ0v) is 20.0. The van der Waals surface area contributed by atoms with Crippen LogP contribution in [0.4, 0.5) is 33.3 Å². The molecule has 0 saturated carbocycles. The molecule has 12 heteroatoms. The van der Waals surface area contributed by atoms with Gasteiger partial charge in [-0.3, -0.25) is 0 Å². The molecule has 0 aliphatic carbocycles. The number of hydrogen-bond donors (Lipinski definition) is 4. The number of H-pyrrole nitrogens is 1.